The van der Waals surface area contributed by atoms with Crippen molar-refractivity contribution >= 4 is 11.8 Å². The quantitative estimate of drug-likeness (QED) is 0.568. The second-order valence-electron chi connectivity index (χ2n) is 3.86. The van der Waals surface area contributed by atoms with Crippen LogP contribution in [-0.2, 0) is 9.59 Å². The predicted molar refractivity (Wildman–Crippen MR) is 56.2 cm³/mol. The van der Waals surface area contributed by atoms with E-state index in [4.69, 9.17) is 5.11 Å². The van der Waals surface area contributed by atoms with Crippen LogP contribution in [0.25, 0.3) is 0 Å². The van der Waals surface area contributed by atoms with Gasteiger partial charge in [-0.25, -0.2) is 0 Å². The number of aliphatic carboxylic acids is 1. The minimum atomic E-state index is -0.775. The molecule has 1 aliphatic rings. The molecule has 3 heteroatoms. The van der Waals surface area contributed by atoms with E-state index in [9.17, 15) is 9.59 Å². The van der Waals surface area contributed by atoms with Crippen molar-refractivity contribution in [3.05, 3.63) is 0 Å². The van der Waals surface area contributed by atoms with Gasteiger partial charge in [0, 0.05) is 31.6 Å². The number of Topliss-reactive ketones (excluding diaryl/α,β-unsaturated/α-hetero) is 1. The number of hydrogen-bond acceptors (Lipinski definition) is 2. The number of carbonyl (C=O) groups excluding carboxylic acids is 1. The summed E-state index contributed by atoms with van der Waals surface area (Å²) < 4.78 is 0. The molecule has 1 atom stereocenters. The maximum absolute atomic E-state index is 11.2. The van der Waals surface area contributed by atoms with Crippen LogP contribution in [-0.4, -0.2) is 16.9 Å². The van der Waals surface area contributed by atoms with Crippen LogP contribution in [0.3, 0.4) is 0 Å². The van der Waals surface area contributed by atoms with Gasteiger partial charge in [-0.1, -0.05) is 0 Å². The summed E-state index contributed by atoms with van der Waals surface area (Å²) in [5.41, 5.74) is 0. The van der Waals surface area contributed by atoms with Crippen LogP contribution in [0.5, 0.6) is 0 Å². The fraction of sp³-hybridized carbons (Fsp3) is 0.667. The van der Waals surface area contributed by atoms with Crippen molar-refractivity contribution in [2.45, 2.75) is 44.9 Å². The number of unbranched alkanes of at least 4 members (excludes halogenated alkanes) is 1. The zero-order valence-electron chi connectivity index (χ0n) is 8.79. The van der Waals surface area contributed by atoms with Crippen LogP contribution in [0.2, 0.25) is 0 Å². The van der Waals surface area contributed by atoms with Crippen LogP contribution >= 0.6 is 0 Å². The Balaban J connectivity index is 2.11. The number of carboxylic acids is 1. The van der Waals surface area contributed by atoms with E-state index < -0.39 is 5.97 Å². The second-order valence-corrected chi connectivity index (χ2v) is 3.86. The predicted octanol–water partition coefficient (Wildman–Crippen LogP) is 2.00. The lowest BCUT2D eigenvalue weighted by Crippen LogP contribution is -2.04. The number of carbonyl (C=O) groups is 2. The maximum Gasteiger partial charge on any atom is 0.303 e. The number of ketones is 1. The number of hydrogen-bond donors (Lipinski definition) is 1. The van der Waals surface area contributed by atoms with Crippen LogP contribution < -0.4 is 0 Å². The largest absolute Gasteiger partial charge is 0.481 e. The Hall–Kier alpha value is -1.30. The lowest BCUT2D eigenvalue weighted by molar-refractivity contribution is -0.137. The zero-order chi connectivity index (χ0) is 11.1. The normalized spacial score (nSPS) is 19.7. The van der Waals surface area contributed by atoms with E-state index in [1.165, 1.54) is 0 Å². The SMILES string of the molecule is O=C(O)CCCC#CCC1CCCC1=O. The maximum atomic E-state index is 11.2. The van der Waals surface area contributed by atoms with Gasteiger partial charge in [-0.3, -0.25) is 9.59 Å². The van der Waals surface area contributed by atoms with Crippen LogP contribution in [0.1, 0.15) is 44.9 Å². The van der Waals surface area contributed by atoms with E-state index in [1.807, 2.05) is 0 Å². The highest BCUT2D eigenvalue weighted by Gasteiger charge is 2.22. The first-order valence-electron chi connectivity index (χ1n) is 5.40. The summed E-state index contributed by atoms with van der Waals surface area (Å²) in [4.78, 5) is 21.4. The Morgan fingerprint density at radius 3 is 2.87 bits per heavy atom. The molecular weight excluding hydrogens is 192 g/mol. The molecule has 15 heavy (non-hydrogen) atoms. The van der Waals surface area contributed by atoms with Gasteiger partial charge >= 0.3 is 5.97 Å². The van der Waals surface area contributed by atoms with Crippen LogP contribution in [0.4, 0.5) is 0 Å². The van der Waals surface area contributed by atoms with Gasteiger partial charge in [0.2, 0.25) is 0 Å². The Morgan fingerprint density at radius 2 is 2.27 bits per heavy atom. The Kier molecular flexibility index (Phi) is 4.89. The molecule has 82 valence electrons. The minimum Gasteiger partial charge on any atom is -0.481 e. The Labute approximate surface area is 89.9 Å². The standard InChI is InChI=1S/C12H16O3/c13-11-8-5-7-10(11)6-3-1-2-4-9-12(14)15/h10H,2,4-9H2,(H,14,15). The molecule has 1 saturated carbocycles. The van der Waals surface area contributed by atoms with Crippen molar-refractivity contribution in [1.29, 1.82) is 0 Å². The van der Waals surface area contributed by atoms with Gasteiger partial charge in [0.25, 0.3) is 0 Å². The van der Waals surface area contributed by atoms with Gasteiger partial charge in [-0.05, 0) is 19.3 Å². The molecule has 0 spiro atoms. The van der Waals surface area contributed by atoms with Crippen LogP contribution in [0.15, 0.2) is 0 Å². The molecule has 0 aliphatic heterocycles. The third-order valence-corrected chi connectivity index (χ3v) is 2.60. The molecular formula is C12H16O3. The van der Waals surface area contributed by atoms with Gasteiger partial charge in [-0.15, -0.1) is 11.8 Å². The lowest BCUT2D eigenvalue weighted by Gasteiger charge is -1.99. The molecule has 0 aromatic heterocycles. The molecule has 0 aromatic rings. The summed E-state index contributed by atoms with van der Waals surface area (Å²) in [6.45, 7) is 0. The van der Waals surface area contributed by atoms with E-state index in [0.29, 0.717) is 31.5 Å². The number of carboxylic acid groups (broad SMARTS) is 1. The smallest absolute Gasteiger partial charge is 0.303 e. The van der Waals surface area contributed by atoms with E-state index in [2.05, 4.69) is 11.8 Å². The molecule has 1 N–H and O–H groups in total. The van der Waals surface area contributed by atoms with E-state index in [1.54, 1.807) is 0 Å². The van der Waals surface area contributed by atoms with Crippen molar-refractivity contribution in [2.24, 2.45) is 5.92 Å². The van der Waals surface area contributed by atoms with Crippen molar-refractivity contribution < 1.29 is 14.7 Å². The molecule has 1 rings (SSSR count). The third-order valence-electron chi connectivity index (χ3n) is 2.60. The first-order valence-corrected chi connectivity index (χ1v) is 5.40. The topological polar surface area (TPSA) is 54.4 Å². The molecule has 0 amide bonds. The summed E-state index contributed by atoms with van der Waals surface area (Å²) >= 11 is 0. The lowest BCUT2D eigenvalue weighted by atomic mass is 10.0. The molecule has 0 radical (unpaired) electrons. The van der Waals surface area contributed by atoms with E-state index >= 15 is 0 Å². The summed E-state index contributed by atoms with van der Waals surface area (Å²) in [6, 6.07) is 0. The second kappa shape index (κ2) is 6.23. The van der Waals surface area contributed by atoms with Crippen molar-refractivity contribution in [2.75, 3.05) is 0 Å². The summed E-state index contributed by atoms with van der Waals surface area (Å²) in [6.07, 6.45) is 4.75. The summed E-state index contributed by atoms with van der Waals surface area (Å²) in [7, 11) is 0. The average Bonchev–Trinajstić information content (AvgIpc) is 2.57. The zero-order valence-corrected chi connectivity index (χ0v) is 8.79. The Morgan fingerprint density at radius 1 is 1.47 bits per heavy atom. The molecule has 0 bridgehead atoms. The molecule has 1 fully saturated rings. The number of rotatable bonds is 4. The van der Waals surface area contributed by atoms with Gasteiger partial charge in [0.1, 0.15) is 5.78 Å². The molecule has 0 saturated heterocycles. The summed E-state index contributed by atoms with van der Waals surface area (Å²) in [5, 5.41) is 8.38. The highest BCUT2D eigenvalue weighted by Crippen LogP contribution is 2.23. The molecule has 0 aromatic carbocycles. The van der Waals surface area contributed by atoms with Crippen molar-refractivity contribution in [3.63, 3.8) is 0 Å². The Bertz CT molecular complexity index is 296. The van der Waals surface area contributed by atoms with Crippen molar-refractivity contribution in [3.8, 4) is 11.8 Å². The van der Waals surface area contributed by atoms with Gasteiger partial charge in [0.15, 0.2) is 0 Å². The van der Waals surface area contributed by atoms with Crippen LogP contribution in [0, 0.1) is 17.8 Å². The fourth-order valence-electron chi connectivity index (χ4n) is 1.72. The van der Waals surface area contributed by atoms with E-state index in [-0.39, 0.29) is 12.3 Å². The first-order chi connectivity index (χ1) is 7.20. The highest BCUT2D eigenvalue weighted by molar-refractivity contribution is 5.83. The van der Waals surface area contributed by atoms with E-state index in [0.717, 1.165) is 12.8 Å². The average molecular weight is 208 g/mol. The monoisotopic (exact) mass is 208 g/mol. The fourth-order valence-corrected chi connectivity index (χ4v) is 1.72. The molecule has 0 heterocycles. The van der Waals surface area contributed by atoms with Gasteiger partial charge in [-0.2, -0.15) is 0 Å². The minimum absolute atomic E-state index is 0.150. The summed E-state index contributed by atoms with van der Waals surface area (Å²) in [5.74, 6) is 5.61. The molecule has 1 aliphatic carbocycles. The highest BCUT2D eigenvalue weighted by atomic mass is 16.4. The third kappa shape index (κ3) is 4.64. The van der Waals surface area contributed by atoms with Gasteiger partial charge < -0.3 is 5.11 Å². The first kappa shape index (κ1) is 11.8. The molecule has 1 unspecified atom stereocenters. The molecule has 3 nitrogen and oxygen atoms in total. The van der Waals surface area contributed by atoms with Crippen molar-refractivity contribution in [1.82, 2.24) is 0 Å². The van der Waals surface area contributed by atoms with Gasteiger partial charge in [0.05, 0.1) is 0 Å².